The fourth-order valence-corrected chi connectivity index (χ4v) is 3.09. The molecule has 0 saturated carbocycles. The van der Waals surface area contributed by atoms with Crippen LogP contribution in [0, 0.1) is 13.8 Å². The van der Waals surface area contributed by atoms with Gasteiger partial charge in [-0.05, 0) is 62.4 Å². The summed E-state index contributed by atoms with van der Waals surface area (Å²) in [6.45, 7) is 3.56. The van der Waals surface area contributed by atoms with Crippen LogP contribution in [0.3, 0.4) is 0 Å². The van der Waals surface area contributed by atoms with E-state index in [9.17, 15) is 18.0 Å². The molecule has 150 valence electrons. The van der Waals surface area contributed by atoms with Gasteiger partial charge in [0, 0.05) is 33.2 Å². The molecule has 0 aliphatic rings. The third kappa shape index (κ3) is 4.68. The predicted molar refractivity (Wildman–Crippen MR) is 107 cm³/mol. The normalized spacial score (nSPS) is 11.8. The summed E-state index contributed by atoms with van der Waals surface area (Å²) in [4.78, 5) is 12.1. The minimum absolute atomic E-state index is 0.399. The molecule has 3 rings (SSSR count). The number of hydrazone groups is 1. The van der Waals surface area contributed by atoms with Gasteiger partial charge in [0.15, 0.2) is 0 Å². The van der Waals surface area contributed by atoms with E-state index in [2.05, 4.69) is 10.5 Å². The quantitative estimate of drug-likeness (QED) is 0.438. The molecular formula is C21H17ClF3N3O. The summed E-state index contributed by atoms with van der Waals surface area (Å²) in [5.74, 6) is -0.399. The molecule has 0 atom stereocenters. The van der Waals surface area contributed by atoms with Crippen molar-refractivity contribution in [1.29, 1.82) is 0 Å². The molecule has 0 spiro atoms. The highest BCUT2D eigenvalue weighted by Crippen LogP contribution is 2.31. The van der Waals surface area contributed by atoms with Gasteiger partial charge in [-0.2, -0.15) is 18.3 Å². The second-order valence-electron chi connectivity index (χ2n) is 6.42. The summed E-state index contributed by atoms with van der Waals surface area (Å²) in [5, 5.41) is 4.48. The van der Waals surface area contributed by atoms with E-state index in [1.54, 1.807) is 54.8 Å². The van der Waals surface area contributed by atoms with E-state index in [-0.39, 0.29) is 0 Å². The molecule has 2 aromatic carbocycles. The maximum absolute atomic E-state index is 13.0. The van der Waals surface area contributed by atoms with Crippen molar-refractivity contribution in [2.75, 3.05) is 0 Å². The number of benzene rings is 2. The molecule has 0 aliphatic carbocycles. The van der Waals surface area contributed by atoms with Crippen LogP contribution in [0.25, 0.3) is 5.69 Å². The predicted octanol–water partition coefficient (Wildman–Crippen LogP) is 5.53. The molecule has 0 unspecified atom stereocenters. The highest BCUT2D eigenvalue weighted by Gasteiger charge is 2.30. The standard InChI is InChI=1S/C21H17ClF3N3O/c1-13-10-16(12-26-27-20(29)15-6-8-18(22)9-7-15)14(2)28(13)19-5-3-4-17(11-19)21(23,24)25/h3-12H,1-2H3,(H,27,29)/b26-12+. The van der Waals surface area contributed by atoms with Crippen molar-refractivity contribution in [2.45, 2.75) is 20.0 Å². The Balaban J connectivity index is 1.82. The number of hydrogen-bond acceptors (Lipinski definition) is 2. The van der Waals surface area contributed by atoms with Crippen molar-refractivity contribution < 1.29 is 18.0 Å². The van der Waals surface area contributed by atoms with Crippen LogP contribution in [0.4, 0.5) is 13.2 Å². The van der Waals surface area contributed by atoms with Gasteiger partial charge in [-0.25, -0.2) is 5.43 Å². The Bertz CT molecular complexity index is 1070. The summed E-state index contributed by atoms with van der Waals surface area (Å²) >= 11 is 5.79. The third-order valence-corrected chi connectivity index (χ3v) is 4.63. The summed E-state index contributed by atoms with van der Waals surface area (Å²) in [5.41, 5.74) is 4.63. The van der Waals surface area contributed by atoms with E-state index < -0.39 is 17.6 Å². The molecule has 1 aromatic heterocycles. The summed E-state index contributed by atoms with van der Waals surface area (Å²) in [7, 11) is 0. The van der Waals surface area contributed by atoms with Crippen molar-refractivity contribution in [2.24, 2.45) is 5.10 Å². The topological polar surface area (TPSA) is 46.4 Å². The number of nitrogens with zero attached hydrogens (tertiary/aromatic N) is 2. The van der Waals surface area contributed by atoms with Crippen LogP contribution in [0.2, 0.25) is 5.02 Å². The lowest BCUT2D eigenvalue weighted by Crippen LogP contribution is -2.17. The summed E-state index contributed by atoms with van der Waals surface area (Å²) in [6, 6.07) is 13.3. The summed E-state index contributed by atoms with van der Waals surface area (Å²) < 4.78 is 40.8. The Morgan fingerprint density at radius 1 is 1.10 bits per heavy atom. The lowest BCUT2D eigenvalue weighted by Gasteiger charge is -2.13. The second-order valence-corrected chi connectivity index (χ2v) is 6.85. The van der Waals surface area contributed by atoms with Crippen LogP contribution < -0.4 is 5.43 Å². The monoisotopic (exact) mass is 419 g/mol. The number of alkyl halides is 3. The number of rotatable bonds is 4. The fraction of sp³-hybridized carbons (Fsp3) is 0.143. The molecule has 29 heavy (non-hydrogen) atoms. The zero-order valence-corrected chi connectivity index (χ0v) is 16.3. The first-order chi connectivity index (χ1) is 13.7. The van der Waals surface area contributed by atoms with E-state index in [0.717, 1.165) is 17.8 Å². The van der Waals surface area contributed by atoms with Crippen LogP contribution in [0.1, 0.15) is 32.9 Å². The van der Waals surface area contributed by atoms with Gasteiger partial charge in [0.1, 0.15) is 0 Å². The van der Waals surface area contributed by atoms with Gasteiger partial charge in [-0.15, -0.1) is 0 Å². The van der Waals surface area contributed by atoms with Crippen molar-refractivity contribution in [3.8, 4) is 5.69 Å². The highest BCUT2D eigenvalue weighted by molar-refractivity contribution is 6.30. The third-order valence-electron chi connectivity index (χ3n) is 4.38. The second kappa shape index (κ2) is 8.13. The SMILES string of the molecule is Cc1cc(/C=N/NC(=O)c2ccc(Cl)cc2)c(C)n1-c1cccc(C(F)(F)F)c1. The van der Waals surface area contributed by atoms with E-state index in [1.807, 2.05) is 0 Å². The molecule has 0 bridgehead atoms. The molecule has 0 aliphatic heterocycles. The number of aromatic nitrogens is 1. The first-order valence-corrected chi connectivity index (χ1v) is 9.00. The van der Waals surface area contributed by atoms with Crippen molar-refractivity contribution >= 4 is 23.7 Å². The number of hydrogen-bond donors (Lipinski definition) is 1. The fourth-order valence-electron chi connectivity index (χ4n) is 2.96. The molecule has 0 saturated heterocycles. The molecule has 0 radical (unpaired) electrons. The molecule has 0 fully saturated rings. The van der Waals surface area contributed by atoms with Crippen LogP contribution >= 0.6 is 11.6 Å². The number of carbonyl (C=O) groups excluding carboxylic acids is 1. The first-order valence-electron chi connectivity index (χ1n) is 8.62. The number of carbonyl (C=O) groups is 1. The van der Waals surface area contributed by atoms with Crippen LogP contribution in [0.15, 0.2) is 59.7 Å². The van der Waals surface area contributed by atoms with E-state index in [4.69, 9.17) is 11.6 Å². The lowest BCUT2D eigenvalue weighted by atomic mass is 10.2. The zero-order valence-electron chi connectivity index (χ0n) is 15.6. The van der Waals surface area contributed by atoms with Crippen molar-refractivity contribution in [3.63, 3.8) is 0 Å². The Hall–Kier alpha value is -3.06. The lowest BCUT2D eigenvalue weighted by molar-refractivity contribution is -0.137. The number of nitrogens with one attached hydrogen (secondary N) is 1. The number of halogens is 4. The van der Waals surface area contributed by atoms with Crippen molar-refractivity contribution in [3.05, 3.63) is 87.7 Å². The van der Waals surface area contributed by atoms with Crippen LogP contribution in [0.5, 0.6) is 0 Å². The van der Waals surface area contributed by atoms with E-state index >= 15 is 0 Å². The van der Waals surface area contributed by atoms with Gasteiger partial charge in [0.2, 0.25) is 0 Å². The minimum Gasteiger partial charge on any atom is -0.318 e. The van der Waals surface area contributed by atoms with E-state index in [0.29, 0.717) is 27.5 Å². The van der Waals surface area contributed by atoms with Crippen LogP contribution in [-0.2, 0) is 6.18 Å². The van der Waals surface area contributed by atoms with Gasteiger partial charge in [-0.3, -0.25) is 4.79 Å². The molecule has 1 heterocycles. The maximum Gasteiger partial charge on any atom is 0.416 e. The van der Waals surface area contributed by atoms with E-state index in [1.165, 1.54) is 12.3 Å². The largest absolute Gasteiger partial charge is 0.416 e. The average Bonchev–Trinajstić information content (AvgIpc) is 2.95. The first kappa shape index (κ1) is 20.7. The minimum atomic E-state index is -4.42. The average molecular weight is 420 g/mol. The zero-order chi connectivity index (χ0) is 21.2. The summed E-state index contributed by atoms with van der Waals surface area (Å²) in [6.07, 6.45) is -2.96. The van der Waals surface area contributed by atoms with Gasteiger partial charge in [0.25, 0.3) is 5.91 Å². The Labute approximate surface area is 170 Å². The molecule has 4 nitrogen and oxygen atoms in total. The smallest absolute Gasteiger partial charge is 0.318 e. The molecule has 1 amide bonds. The van der Waals surface area contributed by atoms with Crippen molar-refractivity contribution in [1.82, 2.24) is 9.99 Å². The number of amides is 1. The van der Waals surface area contributed by atoms with Gasteiger partial charge in [0.05, 0.1) is 11.8 Å². The highest BCUT2D eigenvalue weighted by atomic mass is 35.5. The Morgan fingerprint density at radius 2 is 1.79 bits per heavy atom. The maximum atomic E-state index is 13.0. The molecule has 8 heteroatoms. The van der Waals surface area contributed by atoms with Crippen LogP contribution in [-0.4, -0.2) is 16.7 Å². The number of aryl methyl sites for hydroxylation is 1. The Kier molecular flexibility index (Phi) is 5.79. The molecule has 3 aromatic rings. The molecular weight excluding hydrogens is 403 g/mol. The van der Waals surface area contributed by atoms with Gasteiger partial charge < -0.3 is 4.57 Å². The Morgan fingerprint density at radius 3 is 2.45 bits per heavy atom. The van der Waals surface area contributed by atoms with Gasteiger partial charge in [-0.1, -0.05) is 17.7 Å². The molecule has 1 N–H and O–H groups in total. The van der Waals surface area contributed by atoms with Gasteiger partial charge >= 0.3 is 6.18 Å².